The van der Waals surface area contributed by atoms with E-state index in [0.717, 1.165) is 17.7 Å². The third kappa shape index (κ3) is 2.68. The molecule has 20 heavy (non-hydrogen) atoms. The fourth-order valence-electron chi connectivity index (χ4n) is 2.26. The number of hydrogen-bond acceptors (Lipinski definition) is 3. The van der Waals surface area contributed by atoms with E-state index in [9.17, 15) is 18.0 Å². The highest BCUT2D eigenvalue weighted by atomic mass is 19.4. The van der Waals surface area contributed by atoms with E-state index in [1.54, 1.807) is 6.20 Å². The van der Waals surface area contributed by atoms with Crippen LogP contribution in [0, 0.1) is 5.92 Å². The molecule has 0 N–H and O–H groups in total. The van der Waals surface area contributed by atoms with Crippen LogP contribution in [0.5, 0.6) is 0 Å². The molecule has 1 aliphatic carbocycles. The summed E-state index contributed by atoms with van der Waals surface area (Å²) in [5.74, 6) is -0.0293. The van der Waals surface area contributed by atoms with Gasteiger partial charge in [0.25, 0.3) is 5.91 Å². The molecule has 0 saturated heterocycles. The van der Waals surface area contributed by atoms with Crippen molar-refractivity contribution >= 4 is 18.1 Å². The van der Waals surface area contributed by atoms with Gasteiger partial charge in [-0.2, -0.15) is 13.2 Å². The van der Waals surface area contributed by atoms with Crippen LogP contribution in [0.25, 0.3) is 0 Å². The van der Waals surface area contributed by atoms with Crippen molar-refractivity contribution in [1.82, 2.24) is 14.5 Å². The highest BCUT2D eigenvalue weighted by Crippen LogP contribution is 2.32. The predicted molar refractivity (Wildman–Crippen MR) is 64.8 cm³/mol. The summed E-state index contributed by atoms with van der Waals surface area (Å²) in [4.78, 5) is 21.1. The molecule has 1 fully saturated rings. The van der Waals surface area contributed by atoms with Crippen molar-refractivity contribution in [2.45, 2.75) is 25.1 Å². The van der Waals surface area contributed by atoms with Crippen LogP contribution in [0.1, 0.15) is 18.9 Å². The van der Waals surface area contributed by atoms with Crippen LogP contribution < -0.4 is 0 Å². The summed E-state index contributed by atoms with van der Waals surface area (Å²) < 4.78 is 39.3. The molecule has 1 amide bonds. The van der Waals surface area contributed by atoms with Crippen LogP contribution in [-0.4, -0.2) is 45.8 Å². The summed E-state index contributed by atoms with van der Waals surface area (Å²) in [5, 5.41) is 0. The van der Waals surface area contributed by atoms with E-state index in [1.807, 2.05) is 0 Å². The Morgan fingerprint density at radius 1 is 1.45 bits per heavy atom. The lowest BCUT2D eigenvalue weighted by molar-refractivity contribution is -0.162. The molecule has 8 heteroatoms. The highest BCUT2D eigenvalue weighted by Gasteiger charge is 2.39. The zero-order valence-corrected chi connectivity index (χ0v) is 10.5. The van der Waals surface area contributed by atoms with Crippen LogP contribution in [0.2, 0.25) is 0 Å². The monoisotopic (exact) mass is 286 g/mol. The largest absolute Gasteiger partial charge is 0.406 e. The molecule has 5 nitrogen and oxygen atoms in total. The molecule has 1 aromatic heterocycles. The minimum Gasteiger partial charge on any atom is -0.331 e. The number of carbonyl (C=O) groups excluding carboxylic acids is 1. The summed E-state index contributed by atoms with van der Waals surface area (Å²) >= 11 is 0. The minimum absolute atomic E-state index is 0.159. The molecule has 0 aromatic carbocycles. The van der Waals surface area contributed by atoms with E-state index in [-0.39, 0.29) is 12.5 Å². The third-order valence-corrected chi connectivity index (χ3v) is 3.39. The Morgan fingerprint density at radius 3 is 2.85 bits per heavy atom. The molecule has 1 aliphatic heterocycles. The topological polar surface area (TPSA) is 50.5 Å². The van der Waals surface area contributed by atoms with Gasteiger partial charge in [-0.05, 0) is 18.8 Å². The Hall–Kier alpha value is -1.86. The minimum atomic E-state index is -4.39. The van der Waals surface area contributed by atoms with Gasteiger partial charge in [0.15, 0.2) is 6.04 Å². The number of aromatic nitrogens is 2. The SMILES string of the molecule is O=C(C1C=Nc2nccn21)N(CC1CC1)CC(F)(F)F. The first-order valence-corrected chi connectivity index (χ1v) is 6.36. The Bertz CT molecular complexity index is 547. The summed E-state index contributed by atoms with van der Waals surface area (Å²) in [5.41, 5.74) is 0. The fourth-order valence-corrected chi connectivity index (χ4v) is 2.26. The van der Waals surface area contributed by atoms with Crippen molar-refractivity contribution < 1.29 is 18.0 Å². The highest BCUT2D eigenvalue weighted by molar-refractivity contribution is 5.98. The average Bonchev–Trinajstić information content (AvgIpc) is 2.87. The lowest BCUT2D eigenvalue weighted by atomic mass is 10.2. The molecular formula is C12H13F3N4O. The number of aliphatic imine (C=N–C) groups is 1. The number of rotatable bonds is 4. The lowest BCUT2D eigenvalue weighted by Gasteiger charge is -2.26. The second kappa shape index (κ2) is 4.60. The maximum absolute atomic E-state index is 12.6. The Labute approximate surface area is 113 Å². The first kappa shape index (κ1) is 13.1. The number of nitrogens with zero attached hydrogens (tertiary/aromatic N) is 4. The predicted octanol–water partition coefficient (Wildman–Crippen LogP) is 1.94. The van der Waals surface area contributed by atoms with Gasteiger partial charge in [-0.3, -0.25) is 9.36 Å². The lowest BCUT2D eigenvalue weighted by Crippen LogP contribution is -2.43. The second-order valence-corrected chi connectivity index (χ2v) is 5.13. The van der Waals surface area contributed by atoms with Gasteiger partial charge < -0.3 is 4.90 Å². The molecule has 1 unspecified atom stereocenters. The molecule has 2 aliphatic rings. The van der Waals surface area contributed by atoms with Crippen molar-refractivity contribution in [3.05, 3.63) is 12.4 Å². The molecule has 1 saturated carbocycles. The summed E-state index contributed by atoms with van der Waals surface area (Å²) in [6.45, 7) is -1.05. The summed E-state index contributed by atoms with van der Waals surface area (Å²) in [6, 6.07) is -0.811. The van der Waals surface area contributed by atoms with Crippen molar-refractivity contribution in [2.24, 2.45) is 10.9 Å². The maximum atomic E-state index is 12.6. The normalized spacial score (nSPS) is 21.1. The van der Waals surface area contributed by atoms with Gasteiger partial charge in [0.05, 0.1) is 0 Å². The van der Waals surface area contributed by atoms with Gasteiger partial charge in [0, 0.05) is 25.2 Å². The number of amides is 1. The molecular weight excluding hydrogens is 273 g/mol. The first-order chi connectivity index (χ1) is 9.44. The van der Waals surface area contributed by atoms with Gasteiger partial charge in [0.1, 0.15) is 6.54 Å². The molecule has 1 aromatic rings. The number of halogens is 3. The summed E-state index contributed by atoms with van der Waals surface area (Å²) in [7, 11) is 0. The van der Waals surface area contributed by atoms with Gasteiger partial charge in [0.2, 0.25) is 5.95 Å². The zero-order chi connectivity index (χ0) is 14.3. The van der Waals surface area contributed by atoms with E-state index in [0.29, 0.717) is 5.95 Å². The Balaban J connectivity index is 1.76. The smallest absolute Gasteiger partial charge is 0.331 e. The maximum Gasteiger partial charge on any atom is 0.406 e. The average molecular weight is 286 g/mol. The number of fused-ring (bicyclic) bond motifs is 1. The van der Waals surface area contributed by atoms with Crippen molar-refractivity contribution in [3.63, 3.8) is 0 Å². The molecule has 0 spiro atoms. The number of hydrogen-bond donors (Lipinski definition) is 0. The van der Waals surface area contributed by atoms with Gasteiger partial charge in [-0.25, -0.2) is 9.98 Å². The molecule has 0 bridgehead atoms. The van der Waals surface area contributed by atoms with E-state index >= 15 is 0 Å². The fraction of sp³-hybridized carbons (Fsp3) is 0.583. The van der Waals surface area contributed by atoms with Crippen molar-refractivity contribution in [1.29, 1.82) is 0 Å². The molecule has 2 heterocycles. The van der Waals surface area contributed by atoms with E-state index in [4.69, 9.17) is 0 Å². The standard InChI is InChI=1S/C12H13F3N4O/c13-12(14,15)7-18(6-8-1-2-8)10(20)9-5-17-11-16-3-4-19(9)11/h3-5,8-9H,1-2,6-7H2. The molecule has 0 radical (unpaired) electrons. The molecule has 3 rings (SSSR count). The number of imidazole rings is 1. The Morgan fingerprint density at radius 2 is 2.20 bits per heavy atom. The van der Waals surface area contributed by atoms with Gasteiger partial charge >= 0.3 is 6.18 Å². The quantitative estimate of drug-likeness (QED) is 0.849. The number of carbonyl (C=O) groups is 1. The van der Waals surface area contributed by atoms with Crippen LogP contribution in [0.3, 0.4) is 0 Å². The second-order valence-electron chi connectivity index (χ2n) is 5.13. The molecule has 108 valence electrons. The van der Waals surface area contributed by atoms with E-state index < -0.39 is 24.7 Å². The van der Waals surface area contributed by atoms with Crippen molar-refractivity contribution in [2.75, 3.05) is 13.1 Å². The van der Waals surface area contributed by atoms with Gasteiger partial charge in [-0.15, -0.1) is 0 Å². The molecule has 1 atom stereocenters. The summed E-state index contributed by atoms with van der Waals surface area (Å²) in [6.07, 6.45) is 1.75. The zero-order valence-electron chi connectivity index (χ0n) is 10.5. The van der Waals surface area contributed by atoms with Crippen LogP contribution >= 0.6 is 0 Å². The number of alkyl halides is 3. The van der Waals surface area contributed by atoms with Crippen LogP contribution in [-0.2, 0) is 4.79 Å². The van der Waals surface area contributed by atoms with Gasteiger partial charge in [-0.1, -0.05) is 0 Å². The third-order valence-electron chi connectivity index (χ3n) is 3.39. The van der Waals surface area contributed by atoms with E-state index in [1.165, 1.54) is 17.0 Å². The van der Waals surface area contributed by atoms with Crippen LogP contribution in [0.15, 0.2) is 17.4 Å². The van der Waals surface area contributed by atoms with E-state index in [2.05, 4.69) is 9.98 Å². The van der Waals surface area contributed by atoms with Crippen molar-refractivity contribution in [3.8, 4) is 0 Å². The Kier molecular flexibility index (Phi) is 3.02. The first-order valence-electron chi connectivity index (χ1n) is 6.36. The van der Waals surface area contributed by atoms with Crippen LogP contribution in [0.4, 0.5) is 19.1 Å².